The fraction of sp³-hybridized carbons (Fsp3) is 0.391. The molecule has 2 saturated heterocycles. The van der Waals surface area contributed by atoms with Crippen LogP contribution in [0.4, 0.5) is 11.4 Å². The summed E-state index contributed by atoms with van der Waals surface area (Å²) < 4.78 is 0. The van der Waals surface area contributed by atoms with Gasteiger partial charge in [0.05, 0.1) is 16.9 Å². The maximum atomic E-state index is 12.7. The number of nitrogens with zero attached hydrogens (tertiary/aromatic N) is 2. The fourth-order valence-corrected chi connectivity index (χ4v) is 4.21. The highest BCUT2D eigenvalue weighted by Crippen LogP contribution is 2.35. The molecule has 1 aromatic carbocycles. The number of nitriles is 1. The second-order valence-electron chi connectivity index (χ2n) is 8.39. The maximum absolute atomic E-state index is 12.7. The molecule has 0 aliphatic carbocycles. The third-order valence-corrected chi connectivity index (χ3v) is 6.06. The van der Waals surface area contributed by atoms with Crippen molar-refractivity contribution < 1.29 is 14.4 Å². The molecule has 0 saturated carbocycles. The Morgan fingerprint density at radius 3 is 2.52 bits per heavy atom. The minimum Gasteiger partial charge on any atom is -0.370 e. The highest BCUT2D eigenvalue weighted by atomic mass is 16.2. The minimum atomic E-state index is -0.326. The second-order valence-corrected chi connectivity index (χ2v) is 8.39. The summed E-state index contributed by atoms with van der Waals surface area (Å²) in [7, 11) is 0. The van der Waals surface area contributed by atoms with Crippen LogP contribution in [0.1, 0.15) is 60.1 Å². The molecule has 8 nitrogen and oxygen atoms in total. The van der Waals surface area contributed by atoms with Crippen LogP contribution < -0.4 is 15.5 Å². The Kier molecular flexibility index (Phi) is 5.76. The number of benzene rings is 1. The summed E-state index contributed by atoms with van der Waals surface area (Å²) in [6.07, 6.45) is 4.16. The second kappa shape index (κ2) is 8.64. The van der Waals surface area contributed by atoms with Crippen LogP contribution in [0.25, 0.3) is 0 Å². The van der Waals surface area contributed by atoms with Gasteiger partial charge >= 0.3 is 0 Å². The molecule has 0 spiro atoms. The standard InChI is InChI=1S/C23H25N5O3/c1-14-4-6-28(7-5-14)20-9-16(17-10-21(29)27-22(30)11-17)2-3-18(20)26-23(31)19-8-15(12-24)13-25-19/h2-3,8-9,13-14,17,25H,4-7,10-11H2,1H3,(H,26,31)(H,27,29,30). The first-order chi connectivity index (χ1) is 14.9. The molecular weight excluding hydrogens is 394 g/mol. The third kappa shape index (κ3) is 4.61. The van der Waals surface area contributed by atoms with E-state index in [9.17, 15) is 14.4 Å². The van der Waals surface area contributed by atoms with Crippen molar-refractivity contribution in [2.45, 2.75) is 38.5 Å². The molecule has 1 aromatic heterocycles. The van der Waals surface area contributed by atoms with Gasteiger partial charge in [-0.1, -0.05) is 13.0 Å². The number of carbonyl (C=O) groups excluding carboxylic acids is 3. The number of nitrogens with one attached hydrogen (secondary N) is 3. The molecule has 0 bridgehead atoms. The molecule has 3 N–H and O–H groups in total. The van der Waals surface area contributed by atoms with E-state index in [0.717, 1.165) is 37.2 Å². The van der Waals surface area contributed by atoms with Gasteiger partial charge in [-0.3, -0.25) is 19.7 Å². The van der Waals surface area contributed by atoms with Gasteiger partial charge in [0.1, 0.15) is 11.8 Å². The van der Waals surface area contributed by atoms with E-state index in [1.54, 1.807) is 0 Å². The average molecular weight is 419 g/mol. The Labute approximate surface area is 180 Å². The molecule has 2 fully saturated rings. The van der Waals surface area contributed by atoms with Crippen molar-refractivity contribution >= 4 is 29.1 Å². The van der Waals surface area contributed by atoms with Gasteiger partial charge in [0.2, 0.25) is 11.8 Å². The van der Waals surface area contributed by atoms with E-state index in [4.69, 9.17) is 5.26 Å². The topological polar surface area (TPSA) is 118 Å². The predicted molar refractivity (Wildman–Crippen MR) is 116 cm³/mol. The Bertz CT molecular complexity index is 1040. The summed E-state index contributed by atoms with van der Waals surface area (Å²) in [5.41, 5.74) is 3.19. The first-order valence-corrected chi connectivity index (χ1v) is 10.5. The molecule has 2 aromatic rings. The fourth-order valence-electron chi connectivity index (χ4n) is 4.21. The Morgan fingerprint density at radius 1 is 1.16 bits per heavy atom. The highest BCUT2D eigenvalue weighted by Gasteiger charge is 2.28. The summed E-state index contributed by atoms with van der Waals surface area (Å²) in [5, 5.41) is 14.3. The maximum Gasteiger partial charge on any atom is 0.272 e. The van der Waals surface area contributed by atoms with Crippen molar-refractivity contribution in [2.24, 2.45) is 5.92 Å². The van der Waals surface area contributed by atoms with Crippen LogP contribution in [0.15, 0.2) is 30.5 Å². The van der Waals surface area contributed by atoms with Gasteiger partial charge in [0.15, 0.2) is 0 Å². The van der Waals surface area contributed by atoms with Crippen molar-refractivity contribution in [1.82, 2.24) is 10.3 Å². The number of carbonyl (C=O) groups is 3. The number of piperidine rings is 2. The third-order valence-electron chi connectivity index (χ3n) is 6.06. The molecule has 2 aliphatic rings. The number of imide groups is 1. The number of aromatic amines is 1. The van der Waals surface area contributed by atoms with E-state index < -0.39 is 0 Å². The summed E-state index contributed by atoms with van der Waals surface area (Å²) in [6, 6.07) is 9.23. The van der Waals surface area contributed by atoms with E-state index in [2.05, 4.69) is 27.4 Å². The van der Waals surface area contributed by atoms with Crippen molar-refractivity contribution in [2.75, 3.05) is 23.3 Å². The SMILES string of the molecule is CC1CCN(c2cc(C3CC(=O)NC(=O)C3)ccc2NC(=O)c2cc(C#N)c[nH]2)CC1. The summed E-state index contributed by atoms with van der Waals surface area (Å²) >= 11 is 0. The number of H-pyrrole nitrogens is 1. The van der Waals surface area contributed by atoms with Gasteiger partial charge in [0, 0.05) is 38.0 Å². The van der Waals surface area contributed by atoms with Gasteiger partial charge in [0.25, 0.3) is 5.91 Å². The van der Waals surface area contributed by atoms with Gasteiger partial charge in [-0.25, -0.2) is 0 Å². The lowest BCUT2D eigenvalue weighted by Gasteiger charge is -2.34. The van der Waals surface area contributed by atoms with Crippen LogP contribution >= 0.6 is 0 Å². The molecule has 31 heavy (non-hydrogen) atoms. The van der Waals surface area contributed by atoms with Crippen molar-refractivity contribution in [3.8, 4) is 6.07 Å². The van der Waals surface area contributed by atoms with Gasteiger partial charge in [-0.2, -0.15) is 5.26 Å². The van der Waals surface area contributed by atoms with E-state index in [0.29, 0.717) is 22.9 Å². The lowest BCUT2D eigenvalue weighted by atomic mass is 9.88. The van der Waals surface area contributed by atoms with Crippen LogP contribution in [-0.4, -0.2) is 35.8 Å². The summed E-state index contributed by atoms with van der Waals surface area (Å²) in [6.45, 7) is 3.98. The van der Waals surface area contributed by atoms with Crippen molar-refractivity contribution in [3.63, 3.8) is 0 Å². The van der Waals surface area contributed by atoms with Crippen LogP contribution in [0.3, 0.4) is 0 Å². The first-order valence-electron chi connectivity index (χ1n) is 10.5. The predicted octanol–water partition coefficient (Wildman–Crippen LogP) is 2.90. The molecule has 8 heteroatoms. The first kappa shape index (κ1) is 20.7. The molecule has 0 atom stereocenters. The quantitative estimate of drug-likeness (QED) is 0.659. The molecule has 3 amide bonds. The monoisotopic (exact) mass is 419 g/mol. The zero-order valence-electron chi connectivity index (χ0n) is 17.4. The van der Waals surface area contributed by atoms with E-state index in [1.807, 2.05) is 24.3 Å². The number of amides is 3. The molecule has 0 radical (unpaired) electrons. The normalized spacial score (nSPS) is 17.9. The number of anilines is 2. The molecule has 160 valence electrons. The Morgan fingerprint density at radius 2 is 1.87 bits per heavy atom. The summed E-state index contributed by atoms with van der Waals surface area (Å²) in [4.78, 5) is 41.5. The van der Waals surface area contributed by atoms with Gasteiger partial charge in [-0.05, 0) is 42.5 Å². The van der Waals surface area contributed by atoms with Crippen LogP contribution in [0.5, 0.6) is 0 Å². The molecule has 0 unspecified atom stereocenters. The average Bonchev–Trinajstić information content (AvgIpc) is 3.23. The van der Waals surface area contributed by atoms with Crippen LogP contribution in [0, 0.1) is 17.2 Å². The van der Waals surface area contributed by atoms with E-state index in [1.165, 1.54) is 12.3 Å². The number of hydrogen-bond donors (Lipinski definition) is 3. The number of aromatic nitrogens is 1. The smallest absolute Gasteiger partial charge is 0.272 e. The van der Waals surface area contributed by atoms with Crippen molar-refractivity contribution in [3.05, 3.63) is 47.3 Å². The van der Waals surface area contributed by atoms with E-state index in [-0.39, 0.29) is 36.5 Å². The zero-order valence-corrected chi connectivity index (χ0v) is 17.4. The zero-order chi connectivity index (χ0) is 22.0. The van der Waals surface area contributed by atoms with Crippen LogP contribution in [0.2, 0.25) is 0 Å². The molecule has 2 aliphatic heterocycles. The summed E-state index contributed by atoms with van der Waals surface area (Å²) in [5.74, 6) is -0.359. The largest absolute Gasteiger partial charge is 0.370 e. The lowest BCUT2D eigenvalue weighted by molar-refractivity contribution is -0.133. The molecule has 4 rings (SSSR count). The van der Waals surface area contributed by atoms with Gasteiger partial charge < -0.3 is 15.2 Å². The highest BCUT2D eigenvalue weighted by molar-refractivity contribution is 6.05. The molecular formula is C23H25N5O3. The van der Waals surface area contributed by atoms with Gasteiger partial charge in [-0.15, -0.1) is 0 Å². The lowest BCUT2D eigenvalue weighted by Crippen LogP contribution is -2.38. The minimum absolute atomic E-state index is 0.171. The number of hydrogen-bond acceptors (Lipinski definition) is 5. The molecule has 3 heterocycles. The van der Waals surface area contributed by atoms with Crippen LogP contribution in [-0.2, 0) is 9.59 Å². The Balaban J connectivity index is 1.63. The number of rotatable bonds is 4. The van der Waals surface area contributed by atoms with Crippen molar-refractivity contribution in [1.29, 1.82) is 5.26 Å². The Hall–Kier alpha value is -3.60. The van der Waals surface area contributed by atoms with E-state index >= 15 is 0 Å².